The van der Waals surface area contributed by atoms with E-state index in [1.165, 1.54) is 163 Å². The first-order chi connectivity index (χ1) is 42.1. The summed E-state index contributed by atoms with van der Waals surface area (Å²) < 4.78 is 70.0. The van der Waals surface area contributed by atoms with Crippen LogP contribution < -0.4 is 57.1 Å². The van der Waals surface area contributed by atoms with Crippen LogP contribution in [0.1, 0.15) is 211 Å². The number of benzene rings is 2. The van der Waals surface area contributed by atoms with Gasteiger partial charge in [0.05, 0.1) is 13.2 Å². The molecule has 0 unspecified atom stereocenters. The Morgan fingerprint density at radius 2 is 0.767 bits per heavy atom. The molecule has 0 atom stereocenters. The Hall–Kier alpha value is -0.530. The van der Waals surface area contributed by atoms with E-state index in [9.17, 15) is 47.3 Å². The number of ether oxygens (including phenoxy) is 2. The van der Waals surface area contributed by atoms with Gasteiger partial charge in [0.1, 0.15) is 47.1 Å². The van der Waals surface area contributed by atoms with E-state index in [-0.39, 0.29) is 70.6 Å². The second-order valence-corrected chi connectivity index (χ2v) is 33.4. The van der Waals surface area contributed by atoms with E-state index in [1.807, 2.05) is 0 Å². The zero-order chi connectivity index (χ0) is 62.9. The van der Waals surface area contributed by atoms with Crippen molar-refractivity contribution in [3.63, 3.8) is 0 Å². The quantitative estimate of drug-likeness (QED) is 0.0244. The second kappa shape index (κ2) is 38.0. The topological polar surface area (TPSA) is 170 Å². The van der Waals surface area contributed by atoms with Gasteiger partial charge in [-0.3, -0.25) is 19.7 Å². The molecule has 2 aromatic carbocycles. The number of hydrogen-bond donors (Lipinski definition) is 0. The number of alkyl halides is 4. The van der Waals surface area contributed by atoms with Crippen LogP contribution in [0.25, 0.3) is 0 Å². The molecule has 12 nitrogen and oxygen atoms in total. The molecular formula is C62H84B6BrF4NaO12S4. The molecule has 0 N–H and O–H groups in total. The second-order valence-electron chi connectivity index (χ2n) is 27.1. The fourth-order valence-corrected chi connectivity index (χ4v) is 21.7. The first kappa shape index (κ1) is 78.5. The van der Waals surface area contributed by atoms with Gasteiger partial charge in [-0.15, -0.1) is 0 Å². The first-order valence-electron chi connectivity index (χ1n) is 32.1. The van der Waals surface area contributed by atoms with Crippen molar-refractivity contribution in [2.45, 2.75) is 189 Å². The van der Waals surface area contributed by atoms with Crippen molar-refractivity contribution in [2.24, 2.45) is 46.3 Å². The van der Waals surface area contributed by atoms with Gasteiger partial charge in [0.15, 0.2) is 11.5 Å². The molecule has 482 valence electrons. The van der Waals surface area contributed by atoms with E-state index in [4.69, 9.17) is 40.4 Å². The minimum absolute atomic E-state index is 0. The molecule has 12 fully saturated rings. The van der Waals surface area contributed by atoms with Gasteiger partial charge >= 0.3 is 52.0 Å². The van der Waals surface area contributed by atoms with Crippen molar-refractivity contribution in [2.75, 3.05) is 47.7 Å². The first-order valence-corrected chi connectivity index (χ1v) is 37.0. The maximum Gasteiger partial charge on any atom is 1.00 e. The van der Waals surface area contributed by atoms with Gasteiger partial charge in [-0.25, -0.2) is 9.59 Å². The normalized spacial score (nSPS) is 27.5. The third kappa shape index (κ3) is 23.9. The average Bonchev–Trinajstić information content (AvgIpc) is 0.807. The summed E-state index contributed by atoms with van der Waals surface area (Å²) in [5.41, 5.74) is 4.52. The number of Topliss-reactive ketones (excluding diaryl/α,β-unsaturated/α-hetero) is 2. The van der Waals surface area contributed by atoms with Crippen LogP contribution in [-0.4, -0.2) is 125 Å². The number of halogens is 5. The molecule has 10 saturated carbocycles. The van der Waals surface area contributed by atoms with Crippen LogP contribution in [0, 0.1) is 46.3 Å². The maximum atomic E-state index is 13.3. The van der Waals surface area contributed by atoms with Crippen LogP contribution in [-0.2, 0) is 59.6 Å². The number of hydrogen-bond acceptors (Lipinski definition) is 14. The van der Waals surface area contributed by atoms with Crippen LogP contribution in [0.4, 0.5) is 17.6 Å². The Morgan fingerprint density at radius 3 is 1.02 bits per heavy atom. The SMILES string of the molecule is O=C(C[S+]1CCCC1)c1ccc(C2CCCCC2)cc1.O=C(C[S+]1CCCC1)c1ccc(C2CCCCC2)cc1.O=C(OCC12CC3CC(CC(C3)C1)C2)C(F)(F)SOO[O-].O=C(OCC12CC3CC(CC(C3)C1)C2)C(F)(F)SOO[O-].[B]B([B])B([B])[B].[Br-].[Na+]. The number of esters is 2. The zero-order valence-corrected chi connectivity index (χ0v) is 59.0. The predicted molar refractivity (Wildman–Crippen MR) is 343 cm³/mol. The molecule has 28 heteroatoms. The van der Waals surface area contributed by atoms with Crippen molar-refractivity contribution in [1.29, 1.82) is 0 Å². The summed E-state index contributed by atoms with van der Waals surface area (Å²) in [6.45, 7) is 0.0629. The zero-order valence-electron chi connectivity index (χ0n) is 52.2. The molecule has 14 rings (SSSR count). The molecule has 0 amide bonds. The summed E-state index contributed by atoms with van der Waals surface area (Å²) in [5.74, 6) is 9.50. The summed E-state index contributed by atoms with van der Waals surface area (Å²) in [5, 5.41) is 16.9. The summed E-state index contributed by atoms with van der Waals surface area (Å²) >= 11 is -1.28. The number of carbonyl (C=O) groups is 4. The Bertz CT molecular complexity index is 2280. The summed E-state index contributed by atoms with van der Waals surface area (Å²) in [6.07, 6.45) is 30.9. The summed E-state index contributed by atoms with van der Waals surface area (Å²) in [4.78, 5) is 47.5. The largest absolute Gasteiger partial charge is 1.00 e. The molecule has 12 aliphatic rings. The molecule has 2 aliphatic heterocycles. The number of rotatable bonds is 21. The fourth-order valence-electron chi connectivity index (χ4n) is 16.7. The van der Waals surface area contributed by atoms with E-state index in [1.54, 1.807) is 0 Å². The molecule has 90 heavy (non-hydrogen) atoms. The van der Waals surface area contributed by atoms with Gasteiger partial charge in [0.25, 0.3) is 0 Å². The monoisotopic (exact) mass is 1390 g/mol. The average molecular weight is 1390 g/mol. The Labute approximate surface area is 584 Å². The third-order valence-electron chi connectivity index (χ3n) is 20.1. The van der Waals surface area contributed by atoms with Crippen molar-refractivity contribution in [3.05, 3.63) is 70.8 Å². The van der Waals surface area contributed by atoms with Crippen LogP contribution in [0.5, 0.6) is 0 Å². The molecule has 0 spiro atoms. The minimum Gasteiger partial charge on any atom is -1.00 e. The molecule has 0 aromatic heterocycles. The van der Waals surface area contributed by atoms with E-state index < -0.39 is 59.3 Å². The fraction of sp³-hybridized carbons (Fsp3) is 0.742. The molecule has 10 aliphatic carbocycles. The van der Waals surface area contributed by atoms with Gasteiger partial charge in [-0.05, 0) is 209 Å². The predicted octanol–water partition coefficient (Wildman–Crippen LogP) is 4.80. The van der Waals surface area contributed by atoms with Crippen LogP contribution in [0.3, 0.4) is 0 Å². The Kier molecular flexibility index (Phi) is 33.1. The summed E-state index contributed by atoms with van der Waals surface area (Å²) in [6, 6.07) is 17.1. The van der Waals surface area contributed by atoms with Gasteiger partial charge in [-0.1, -0.05) is 87.1 Å². The van der Waals surface area contributed by atoms with Gasteiger partial charge in [0.2, 0.25) is 11.6 Å². The van der Waals surface area contributed by atoms with E-state index in [0.717, 1.165) is 73.0 Å². The van der Waals surface area contributed by atoms with Gasteiger partial charge < -0.3 is 37.0 Å². The molecule has 2 aromatic rings. The van der Waals surface area contributed by atoms with Crippen molar-refractivity contribution < 1.29 is 122 Å². The van der Waals surface area contributed by atoms with Crippen LogP contribution in [0.15, 0.2) is 48.5 Å². The van der Waals surface area contributed by atoms with Crippen molar-refractivity contribution in [1.82, 2.24) is 0 Å². The molecule has 8 radical (unpaired) electrons. The van der Waals surface area contributed by atoms with E-state index in [0.29, 0.717) is 68.9 Å². The standard InChI is InChI=1S/2C18H25OS.2C13H18F2O5S.B6.BrH.Na/c2*19-18(14-20-12-4-5-13-20)17-10-8-16(9-11-17)15-6-2-1-3-7-15;2*14-13(15,21-20-19-17)11(16)18-7-12-4-8-1-9(5-12)3-10(2-8)6-12;1-5(2)6(3)4;;/h2*8-11,15H,1-7,12-14H2;2*8-10,17H,1-7H2;;1H;/q2*+1;;;;;+1/p-3. The molecule has 8 bridgehead atoms. The smallest absolute Gasteiger partial charge is 1.00 e. The number of ketones is 2. The van der Waals surface area contributed by atoms with Crippen LogP contribution in [0.2, 0.25) is 0 Å². The molecular weight excluding hydrogens is 1310 g/mol. The van der Waals surface area contributed by atoms with Gasteiger partial charge in [0, 0.05) is 65.7 Å². The summed E-state index contributed by atoms with van der Waals surface area (Å²) in [7, 11) is 20.6. The number of carbonyl (C=O) groups excluding carboxylic acids is 4. The molecule has 2 saturated heterocycles. The molecule has 2 heterocycles. The third-order valence-corrected chi connectivity index (χ3v) is 25.9. The van der Waals surface area contributed by atoms with E-state index >= 15 is 0 Å². The Balaban J connectivity index is 0.000000184. The van der Waals surface area contributed by atoms with Crippen molar-refractivity contribution >= 4 is 113 Å². The van der Waals surface area contributed by atoms with Crippen molar-refractivity contribution in [3.8, 4) is 0 Å². The Morgan fingerprint density at radius 1 is 0.489 bits per heavy atom. The van der Waals surface area contributed by atoms with Gasteiger partial charge in [-0.2, -0.15) is 26.2 Å². The van der Waals surface area contributed by atoms with E-state index in [2.05, 4.69) is 67.3 Å². The van der Waals surface area contributed by atoms with Crippen LogP contribution >= 0.6 is 24.1 Å². The maximum absolute atomic E-state index is 13.3. The minimum atomic E-state index is -3.94.